The van der Waals surface area contributed by atoms with Gasteiger partial charge < -0.3 is 4.98 Å². The predicted octanol–water partition coefficient (Wildman–Crippen LogP) is 1.99. The second-order valence-electron chi connectivity index (χ2n) is 4.40. The SMILES string of the molecule is CN(Cc1cccc(F)c1)S(=O)(=O)c1c[nH]c(=O)c(Cl)c1. The van der Waals surface area contributed by atoms with E-state index in [9.17, 15) is 17.6 Å². The number of hydrogen-bond donors (Lipinski definition) is 1. The zero-order valence-corrected chi connectivity index (χ0v) is 12.6. The summed E-state index contributed by atoms with van der Waals surface area (Å²) < 4.78 is 38.8. The molecule has 0 unspecified atom stereocenters. The minimum atomic E-state index is -3.83. The zero-order chi connectivity index (χ0) is 15.6. The summed E-state index contributed by atoms with van der Waals surface area (Å²) in [4.78, 5) is 13.3. The molecule has 0 atom stereocenters. The van der Waals surface area contributed by atoms with Crippen molar-refractivity contribution in [2.45, 2.75) is 11.4 Å². The molecule has 0 spiro atoms. The average molecular weight is 331 g/mol. The number of rotatable bonds is 4. The first-order valence-electron chi connectivity index (χ1n) is 5.90. The van der Waals surface area contributed by atoms with E-state index in [1.165, 1.54) is 25.2 Å². The highest BCUT2D eigenvalue weighted by molar-refractivity contribution is 7.89. The van der Waals surface area contributed by atoms with Crippen molar-refractivity contribution in [1.82, 2.24) is 9.29 Å². The third kappa shape index (κ3) is 3.49. The highest BCUT2D eigenvalue weighted by Crippen LogP contribution is 2.17. The number of nitrogens with zero attached hydrogens (tertiary/aromatic N) is 1. The molecular weight excluding hydrogens is 319 g/mol. The van der Waals surface area contributed by atoms with Crippen LogP contribution in [0.2, 0.25) is 5.02 Å². The molecule has 0 bridgehead atoms. The lowest BCUT2D eigenvalue weighted by atomic mass is 10.2. The van der Waals surface area contributed by atoms with Gasteiger partial charge in [0.1, 0.15) is 10.8 Å². The molecule has 5 nitrogen and oxygen atoms in total. The maximum atomic E-state index is 13.1. The predicted molar refractivity (Wildman–Crippen MR) is 77.1 cm³/mol. The number of hydrogen-bond acceptors (Lipinski definition) is 3. The molecule has 0 amide bonds. The van der Waals surface area contributed by atoms with E-state index < -0.39 is 21.4 Å². The first-order chi connectivity index (χ1) is 9.80. The van der Waals surface area contributed by atoms with Gasteiger partial charge >= 0.3 is 0 Å². The minimum Gasteiger partial charge on any atom is -0.326 e. The Morgan fingerprint density at radius 1 is 1.33 bits per heavy atom. The molecule has 2 rings (SSSR count). The van der Waals surface area contributed by atoms with E-state index >= 15 is 0 Å². The van der Waals surface area contributed by atoms with Gasteiger partial charge in [0, 0.05) is 19.8 Å². The molecule has 1 heterocycles. The van der Waals surface area contributed by atoms with Gasteiger partial charge in [-0.05, 0) is 23.8 Å². The Hall–Kier alpha value is -1.70. The Kier molecular flexibility index (Phi) is 4.46. The first kappa shape index (κ1) is 15.7. The van der Waals surface area contributed by atoms with E-state index in [0.717, 1.165) is 16.6 Å². The molecule has 1 N–H and O–H groups in total. The van der Waals surface area contributed by atoms with Crippen LogP contribution in [0.3, 0.4) is 0 Å². The lowest BCUT2D eigenvalue weighted by Gasteiger charge is -2.17. The van der Waals surface area contributed by atoms with Crippen molar-refractivity contribution in [2.24, 2.45) is 0 Å². The van der Waals surface area contributed by atoms with Gasteiger partial charge in [-0.1, -0.05) is 23.7 Å². The first-order valence-corrected chi connectivity index (χ1v) is 7.71. The van der Waals surface area contributed by atoms with Crippen LogP contribution in [0.1, 0.15) is 5.56 Å². The largest absolute Gasteiger partial charge is 0.326 e. The molecular formula is C13H12ClFN2O3S. The fourth-order valence-electron chi connectivity index (χ4n) is 1.74. The molecule has 112 valence electrons. The molecule has 1 aromatic heterocycles. The third-order valence-electron chi connectivity index (χ3n) is 2.83. The van der Waals surface area contributed by atoms with Gasteiger partial charge in [-0.25, -0.2) is 12.8 Å². The van der Waals surface area contributed by atoms with E-state index in [1.54, 1.807) is 6.07 Å². The fraction of sp³-hybridized carbons (Fsp3) is 0.154. The third-order valence-corrected chi connectivity index (χ3v) is 4.90. The van der Waals surface area contributed by atoms with Gasteiger partial charge in [0.15, 0.2) is 0 Å². The van der Waals surface area contributed by atoms with Crippen LogP contribution in [0.15, 0.2) is 46.2 Å². The van der Waals surface area contributed by atoms with E-state index in [0.29, 0.717) is 5.56 Å². The zero-order valence-electron chi connectivity index (χ0n) is 11.0. The number of nitrogens with one attached hydrogen (secondary N) is 1. The Morgan fingerprint density at radius 2 is 2.05 bits per heavy atom. The van der Waals surface area contributed by atoms with E-state index in [2.05, 4.69) is 4.98 Å². The number of pyridine rings is 1. The van der Waals surface area contributed by atoms with Gasteiger partial charge in [0.2, 0.25) is 10.0 Å². The van der Waals surface area contributed by atoms with Crippen LogP contribution >= 0.6 is 11.6 Å². The summed E-state index contributed by atoms with van der Waals surface area (Å²) in [5.74, 6) is -0.439. The number of H-pyrrole nitrogens is 1. The highest BCUT2D eigenvalue weighted by atomic mass is 35.5. The van der Waals surface area contributed by atoms with Crippen LogP contribution in [0.5, 0.6) is 0 Å². The van der Waals surface area contributed by atoms with E-state index in [1.807, 2.05) is 0 Å². The van der Waals surface area contributed by atoms with Crippen LogP contribution < -0.4 is 5.56 Å². The normalized spacial score (nSPS) is 11.8. The van der Waals surface area contributed by atoms with Crippen LogP contribution in [0, 0.1) is 5.82 Å². The quantitative estimate of drug-likeness (QED) is 0.932. The van der Waals surface area contributed by atoms with Crippen molar-refractivity contribution in [2.75, 3.05) is 7.05 Å². The smallest absolute Gasteiger partial charge is 0.266 e. The molecule has 0 aliphatic rings. The van der Waals surface area contributed by atoms with E-state index in [4.69, 9.17) is 11.6 Å². The maximum absolute atomic E-state index is 13.1. The fourth-order valence-corrected chi connectivity index (χ4v) is 3.13. The minimum absolute atomic E-state index is 0.00314. The number of aromatic nitrogens is 1. The molecule has 0 aliphatic carbocycles. The molecule has 0 saturated heterocycles. The van der Waals surface area contributed by atoms with Crippen molar-refractivity contribution in [1.29, 1.82) is 0 Å². The lowest BCUT2D eigenvalue weighted by Crippen LogP contribution is -2.27. The van der Waals surface area contributed by atoms with Crippen molar-refractivity contribution < 1.29 is 12.8 Å². The number of halogens is 2. The Morgan fingerprint density at radius 3 is 2.67 bits per heavy atom. The average Bonchev–Trinajstić information content (AvgIpc) is 2.41. The topological polar surface area (TPSA) is 70.2 Å². The molecule has 0 aliphatic heterocycles. The Labute approximate surface area is 126 Å². The van der Waals surface area contributed by atoms with Gasteiger partial charge in [-0.3, -0.25) is 4.79 Å². The Bertz CT molecular complexity index is 820. The molecule has 0 saturated carbocycles. The summed E-state index contributed by atoms with van der Waals surface area (Å²) in [5, 5.41) is -0.213. The standard InChI is InChI=1S/C13H12ClFN2O3S/c1-17(8-9-3-2-4-10(15)5-9)21(19,20)11-6-12(14)13(18)16-7-11/h2-7H,8H2,1H3,(H,16,18). The van der Waals surface area contributed by atoms with Crippen molar-refractivity contribution in [3.8, 4) is 0 Å². The molecule has 0 radical (unpaired) electrons. The molecule has 2 aromatic rings. The van der Waals surface area contributed by atoms with Gasteiger partial charge in [-0.2, -0.15) is 4.31 Å². The number of aromatic amines is 1. The Balaban J connectivity index is 2.30. The summed E-state index contributed by atoms with van der Waals surface area (Å²) in [6.45, 7) is -0.00314. The van der Waals surface area contributed by atoms with Crippen molar-refractivity contribution in [3.63, 3.8) is 0 Å². The molecule has 21 heavy (non-hydrogen) atoms. The van der Waals surface area contributed by atoms with Gasteiger partial charge in [-0.15, -0.1) is 0 Å². The van der Waals surface area contributed by atoms with Crippen molar-refractivity contribution >= 4 is 21.6 Å². The lowest BCUT2D eigenvalue weighted by molar-refractivity contribution is 0.465. The molecule has 0 fully saturated rings. The number of benzene rings is 1. The highest BCUT2D eigenvalue weighted by Gasteiger charge is 2.22. The summed E-state index contributed by atoms with van der Waals surface area (Å²) in [5.41, 5.74) is -0.0556. The maximum Gasteiger partial charge on any atom is 0.266 e. The van der Waals surface area contributed by atoms with Gasteiger partial charge in [0.25, 0.3) is 5.56 Å². The van der Waals surface area contributed by atoms with Crippen LogP contribution in [0.4, 0.5) is 4.39 Å². The second-order valence-corrected chi connectivity index (χ2v) is 6.86. The summed E-state index contributed by atoms with van der Waals surface area (Å²) in [6, 6.07) is 6.74. The summed E-state index contributed by atoms with van der Waals surface area (Å²) in [7, 11) is -2.47. The van der Waals surface area contributed by atoms with Crippen LogP contribution in [0.25, 0.3) is 0 Å². The summed E-state index contributed by atoms with van der Waals surface area (Å²) >= 11 is 5.63. The monoisotopic (exact) mass is 330 g/mol. The van der Waals surface area contributed by atoms with Crippen molar-refractivity contribution in [3.05, 3.63) is 63.3 Å². The second kappa shape index (κ2) is 5.97. The molecule has 1 aromatic carbocycles. The van der Waals surface area contributed by atoms with Crippen LogP contribution in [-0.2, 0) is 16.6 Å². The molecule has 8 heteroatoms. The number of sulfonamides is 1. The van der Waals surface area contributed by atoms with E-state index in [-0.39, 0.29) is 16.5 Å². The van der Waals surface area contributed by atoms with Gasteiger partial charge in [0.05, 0.1) is 4.90 Å². The summed E-state index contributed by atoms with van der Waals surface area (Å²) in [6.07, 6.45) is 1.08. The van der Waals surface area contributed by atoms with Crippen LogP contribution in [-0.4, -0.2) is 24.8 Å².